The third-order valence-electron chi connectivity index (χ3n) is 5.74. The largest absolute Gasteiger partial charge is 0.481 e. The second-order valence-electron chi connectivity index (χ2n) is 8.96. The summed E-state index contributed by atoms with van der Waals surface area (Å²) in [5.74, 6) is -1.92. The van der Waals surface area contributed by atoms with Gasteiger partial charge in [-0.25, -0.2) is 0 Å². The van der Waals surface area contributed by atoms with Crippen molar-refractivity contribution in [1.29, 1.82) is 0 Å². The molecule has 8 nitrogen and oxygen atoms in total. The van der Waals surface area contributed by atoms with E-state index in [1.165, 1.54) is 12.0 Å². The van der Waals surface area contributed by atoms with E-state index in [-0.39, 0.29) is 36.0 Å². The van der Waals surface area contributed by atoms with E-state index in [2.05, 4.69) is 5.32 Å². The highest BCUT2D eigenvalue weighted by Crippen LogP contribution is 2.27. The Kier molecular flexibility index (Phi) is 12.4. The molecule has 8 heteroatoms. The topological polar surface area (TPSA) is 99.2 Å². The van der Waals surface area contributed by atoms with Gasteiger partial charge in [-0.3, -0.25) is 24.2 Å². The third kappa shape index (κ3) is 7.32. The van der Waals surface area contributed by atoms with Crippen molar-refractivity contribution in [2.24, 2.45) is 17.8 Å². The normalized spacial score (nSPS) is 17.0. The van der Waals surface area contributed by atoms with Crippen LogP contribution in [0.15, 0.2) is 0 Å². The van der Waals surface area contributed by atoms with Gasteiger partial charge in [-0.2, -0.15) is 0 Å². The van der Waals surface area contributed by atoms with E-state index in [1.54, 1.807) is 7.05 Å². The molecule has 0 aromatic rings. The molecule has 0 aromatic heterocycles. The molecular weight excluding hydrogens is 386 g/mol. The highest BCUT2D eigenvalue weighted by Gasteiger charge is 2.44. The Bertz CT molecular complexity index is 557. The fourth-order valence-corrected chi connectivity index (χ4v) is 4.08. The van der Waals surface area contributed by atoms with Gasteiger partial charge in [0.15, 0.2) is 0 Å². The molecule has 176 valence electrons. The molecule has 2 N–H and O–H groups in total. The van der Waals surface area contributed by atoms with Crippen LogP contribution in [0.3, 0.4) is 0 Å². The monoisotopic (exact) mass is 429 g/mol. The predicted molar refractivity (Wildman–Crippen MR) is 118 cm³/mol. The summed E-state index contributed by atoms with van der Waals surface area (Å²) >= 11 is 0. The average Bonchev–Trinajstić information content (AvgIpc) is 2.62. The lowest BCUT2D eigenvalue weighted by Crippen LogP contribution is -2.63. The number of likely N-dealkylation sites (N-methyl/N-ethyl adjacent to an activating group) is 2. The number of hydrogen-bond acceptors (Lipinski definition) is 6. The van der Waals surface area contributed by atoms with Gasteiger partial charge in [0.05, 0.1) is 30.7 Å². The second kappa shape index (κ2) is 13.0. The minimum atomic E-state index is -1.03. The Morgan fingerprint density at radius 1 is 1.00 bits per heavy atom. The molecule has 0 fully saturated rings. The minimum Gasteiger partial charge on any atom is -0.481 e. The first-order valence-electron chi connectivity index (χ1n) is 10.8. The first-order chi connectivity index (χ1) is 13.8. The van der Waals surface area contributed by atoms with Crippen LogP contribution in [0.4, 0.5) is 0 Å². The summed E-state index contributed by atoms with van der Waals surface area (Å²) in [7, 11) is 6.75. The number of nitrogens with zero attached hydrogens (tertiary/aromatic N) is 2. The Hall–Kier alpha value is -1.51. The zero-order valence-electron chi connectivity index (χ0n) is 20.4. The first-order valence-corrected chi connectivity index (χ1v) is 10.8. The summed E-state index contributed by atoms with van der Waals surface area (Å²) in [6, 6.07) is -1.78. The summed E-state index contributed by atoms with van der Waals surface area (Å²) in [5, 5.41) is 12.4. The Morgan fingerprint density at radius 3 is 1.83 bits per heavy atom. The zero-order chi connectivity index (χ0) is 23.8. The molecular formula is C22H43N3O5. The van der Waals surface area contributed by atoms with Crippen molar-refractivity contribution < 1.29 is 24.2 Å². The van der Waals surface area contributed by atoms with E-state index in [9.17, 15) is 19.5 Å². The number of carboxylic acids is 1. The number of nitrogens with one attached hydrogen (secondary N) is 1. The van der Waals surface area contributed by atoms with Gasteiger partial charge < -0.3 is 15.2 Å². The molecule has 0 saturated heterocycles. The van der Waals surface area contributed by atoms with Crippen LogP contribution >= 0.6 is 0 Å². The molecule has 2 amide bonds. The van der Waals surface area contributed by atoms with Crippen LogP contribution in [-0.2, 0) is 19.1 Å². The Morgan fingerprint density at radius 2 is 1.53 bits per heavy atom. The average molecular weight is 430 g/mol. The molecule has 0 aromatic carbocycles. The van der Waals surface area contributed by atoms with Crippen molar-refractivity contribution in [3.63, 3.8) is 0 Å². The van der Waals surface area contributed by atoms with E-state index in [4.69, 9.17) is 4.74 Å². The van der Waals surface area contributed by atoms with Gasteiger partial charge in [-0.05, 0) is 38.9 Å². The fraction of sp³-hybridized carbons (Fsp3) is 0.864. The van der Waals surface area contributed by atoms with Crippen molar-refractivity contribution in [3.8, 4) is 0 Å². The Balaban J connectivity index is 6.66. The van der Waals surface area contributed by atoms with Crippen molar-refractivity contribution in [2.75, 3.05) is 28.3 Å². The summed E-state index contributed by atoms with van der Waals surface area (Å²) in [4.78, 5) is 42.1. The number of aliphatic carboxylic acids is 1. The Labute approximate surface area is 182 Å². The lowest BCUT2D eigenvalue weighted by molar-refractivity contribution is -0.162. The van der Waals surface area contributed by atoms with Crippen LogP contribution in [0.2, 0.25) is 0 Å². The van der Waals surface area contributed by atoms with E-state index < -0.39 is 30.2 Å². The highest BCUT2D eigenvalue weighted by atomic mass is 16.5. The number of ether oxygens (including phenoxy) is 1. The molecule has 0 bridgehead atoms. The quantitative estimate of drug-likeness (QED) is 0.462. The number of methoxy groups -OCH3 is 1. The molecule has 0 aliphatic rings. The molecule has 5 atom stereocenters. The number of rotatable bonds is 13. The maximum Gasteiger partial charge on any atom is 0.306 e. The van der Waals surface area contributed by atoms with Gasteiger partial charge >= 0.3 is 5.97 Å². The SMILES string of the molecule is CC[C@H](C)[C@@H]([C@@H](CC(=O)O)OC)N(C(=O)[C@@H](NC)C(C)C)C(=O)[C@H](C(C)C)N(C)C. The molecule has 0 aliphatic heterocycles. The van der Waals surface area contributed by atoms with Crippen molar-refractivity contribution in [3.05, 3.63) is 0 Å². The summed E-state index contributed by atoms with van der Waals surface area (Å²) in [6.07, 6.45) is -0.422. The lowest BCUT2D eigenvalue weighted by Gasteiger charge is -2.43. The van der Waals surface area contributed by atoms with E-state index in [0.717, 1.165) is 0 Å². The van der Waals surface area contributed by atoms with Crippen molar-refractivity contribution in [1.82, 2.24) is 15.1 Å². The van der Waals surface area contributed by atoms with E-state index in [0.29, 0.717) is 6.42 Å². The molecule has 0 saturated carbocycles. The molecule has 0 radical (unpaired) electrons. The van der Waals surface area contributed by atoms with Crippen LogP contribution < -0.4 is 5.32 Å². The number of carbonyl (C=O) groups is 3. The summed E-state index contributed by atoms with van der Waals surface area (Å²) in [6.45, 7) is 11.6. The lowest BCUT2D eigenvalue weighted by atomic mass is 9.88. The van der Waals surface area contributed by atoms with Crippen LogP contribution in [0.1, 0.15) is 54.4 Å². The van der Waals surface area contributed by atoms with Gasteiger partial charge in [-0.1, -0.05) is 48.0 Å². The zero-order valence-corrected chi connectivity index (χ0v) is 20.4. The van der Waals surface area contributed by atoms with Crippen LogP contribution in [0.25, 0.3) is 0 Å². The summed E-state index contributed by atoms with van der Waals surface area (Å²) < 4.78 is 5.54. The van der Waals surface area contributed by atoms with Crippen LogP contribution in [-0.4, -0.2) is 85.2 Å². The van der Waals surface area contributed by atoms with Crippen molar-refractivity contribution >= 4 is 17.8 Å². The number of hydrogen-bond donors (Lipinski definition) is 2. The standard InChI is InChI=1S/C22H43N3O5/c1-11-15(6)20(16(30-10)12-17(26)27)25(21(28)18(23-7)13(2)3)22(29)19(14(4)5)24(8)9/h13-16,18-20,23H,11-12H2,1-10H3,(H,26,27)/t15-,16+,18-,19-,20-/m0/s1. The summed E-state index contributed by atoms with van der Waals surface area (Å²) in [5.41, 5.74) is 0. The molecule has 0 spiro atoms. The third-order valence-corrected chi connectivity index (χ3v) is 5.74. The number of amides is 2. The maximum atomic E-state index is 13.8. The van der Waals surface area contributed by atoms with Crippen molar-refractivity contribution in [2.45, 2.75) is 78.6 Å². The molecule has 0 unspecified atom stereocenters. The van der Waals surface area contributed by atoms with Gasteiger partial charge in [0, 0.05) is 7.11 Å². The van der Waals surface area contributed by atoms with Gasteiger partial charge in [0.25, 0.3) is 0 Å². The van der Waals surface area contributed by atoms with E-state index >= 15 is 0 Å². The van der Waals surface area contributed by atoms with Gasteiger partial charge in [0.2, 0.25) is 11.8 Å². The molecule has 0 rings (SSSR count). The molecule has 0 aliphatic carbocycles. The van der Waals surface area contributed by atoms with Gasteiger partial charge in [0.1, 0.15) is 0 Å². The fourth-order valence-electron chi connectivity index (χ4n) is 4.08. The van der Waals surface area contributed by atoms with E-state index in [1.807, 2.05) is 60.5 Å². The first kappa shape index (κ1) is 28.5. The number of carbonyl (C=O) groups excluding carboxylic acids is 2. The number of carboxylic acid groups (broad SMARTS) is 1. The second-order valence-corrected chi connectivity index (χ2v) is 8.96. The highest BCUT2D eigenvalue weighted by molar-refractivity contribution is 6.00. The van der Waals surface area contributed by atoms with Crippen LogP contribution in [0.5, 0.6) is 0 Å². The minimum absolute atomic E-state index is 0.0343. The smallest absolute Gasteiger partial charge is 0.306 e. The number of imide groups is 1. The predicted octanol–water partition coefficient (Wildman–Crippen LogP) is 2.08. The molecule has 0 heterocycles. The molecule has 30 heavy (non-hydrogen) atoms. The van der Waals surface area contributed by atoms with Crippen LogP contribution in [0, 0.1) is 17.8 Å². The maximum absolute atomic E-state index is 13.8. The van der Waals surface area contributed by atoms with Gasteiger partial charge in [-0.15, -0.1) is 0 Å².